The minimum Gasteiger partial charge on any atom is -0.346 e. The average molecular weight is 235 g/mol. The van der Waals surface area contributed by atoms with Crippen LogP contribution in [0.3, 0.4) is 0 Å². The summed E-state index contributed by atoms with van der Waals surface area (Å²) in [5, 5.41) is 15.0. The molecule has 0 radical (unpaired) electrons. The van der Waals surface area contributed by atoms with Crippen LogP contribution in [0, 0.1) is 17.0 Å². The van der Waals surface area contributed by atoms with Gasteiger partial charge in [0.1, 0.15) is 11.9 Å². The van der Waals surface area contributed by atoms with Crippen LogP contribution in [0.4, 0.5) is 5.69 Å². The summed E-state index contributed by atoms with van der Waals surface area (Å²) >= 11 is 0. The summed E-state index contributed by atoms with van der Waals surface area (Å²) in [5.74, 6) is 0. The molecule has 0 spiro atoms. The number of nitrogens with zero attached hydrogens (tertiary/aromatic N) is 4. The quantitative estimate of drug-likeness (QED) is 0.646. The van der Waals surface area contributed by atoms with Crippen LogP contribution >= 0.6 is 0 Å². The Bertz CT molecular complexity index is 541. The highest BCUT2D eigenvalue weighted by Gasteiger charge is 2.28. The van der Waals surface area contributed by atoms with Crippen molar-refractivity contribution in [1.29, 1.82) is 0 Å². The van der Waals surface area contributed by atoms with E-state index in [1.165, 1.54) is 6.20 Å². The summed E-state index contributed by atoms with van der Waals surface area (Å²) < 4.78 is 1.58. The fourth-order valence-corrected chi connectivity index (χ4v) is 1.63. The number of rotatable bonds is 3. The number of H-pyrrole nitrogens is 1. The average Bonchev–Trinajstić information content (AvgIpc) is 2.84. The molecular formula is C10H13N5O2. The molecule has 0 bridgehead atoms. The molecule has 0 aliphatic carbocycles. The second-order valence-corrected chi connectivity index (χ2v) is 4.33. The van der Waals surface area contributed by atoms with Gasteiger partial charge in [-0.3, -0.25) is 14.8 Å². The number of hydrogen-bond donors (Lipinski definition) is 1. The Labute approximate surface area is 97.6 Å². The van der Waals surface area contributed by atoms with Crippen molar-refractivity contribution in [3.8, 4) is 0 Å². The molecule has 0 aromatic carbocycles. The van der Waals surface area contributed by atoms with Crippen LogP contribution in [0.1, 0.15) is 25.2 Å². The van der Waals surface area contributed by atoms with Crippen LogP contribution in [0.15, 0.2) is 18.7 Å². The topological polar surface area (TPSA) is 89.6 Å². The molecule has 2 aromatic rings. The SMILES string of the molecule is Cc1nn(C(C)(C)c2cnc[nH]2)cc1[N+](=O)[O-]. The summed E-state index contributed by atoms with van der Waals surface area (Å²) in [5.41, 5.74) is 0.769. The molecule has 1 N–H and O–H groups in total. The van der Waals surface area contributed by atoms with Gasteiger partial charge in [-0.05, 0) is 20.8 Å². The standard InChI is InChI=1S/C10H13N5O2/c1-7-8(15(16)17)5-14(13-7)10(2,3)9-4-11-6-12-9/h4-6H,1-3H3,(H,11,12). The van der Waals surface area contributed by atoms with E-state index in [-0.39, 0.29) is 5.69 Å². The van der Waals surface area contributed by atoms with Crippen LogP contribution in [-0.2, 0) is 5.54 Å². The Morgan fingerprint density at radius 3 is 2.71 bits per heavy atom. The van der Waals surface area contributed by atoms with E-state index in [2.05, 4.69) is 15.1 Å². The highest BCUT2D eigenvalue weighted by molar-refractivity contribution is 5.32. The monoisotopic (exact) mass is 235 g/mol. The predicted molar refractivity (Wildman–Crippen MR) is 60.6 cm³/mol. The zero-order chi connectivity index (χ0) is 12.6. The summed E-state index contributed by atoms with van der Waals surface area (Å²) in [7, 11) is 0. The Kier molecular flexibility index (Phi) is 2.45. The van der Waals surface area contributed by atoms with Crippen molar-refractivity contribution in [3.63, 3.8) is 0 Å². The number of nitrogens with one attached hydrogen (secondary N) is 1. The van der Waals surface area contributed by atoms with Crippen LogP contribution < -0.4 is 0 Å². The molecule has 0 fully saturated rings. The minimum absolute atomic E-state index is 0.0255. The zero-order valence-corrected chi connectivity index (χ0v) is 9.84. The smallest absolute Gasteiger partial charge is 0.309 e. The molecule has 0 saturated carbocycles. The van der Waals surface area contributed by atoms with E-state index in [9.17, 15) is 10.1 Å². The predicted octanol–water partition coefficient (Wildman–Crippen LogP) is 1.61. The van der Waals surface area contributed by atoms with Crippen molar-refractivity contribution in [3.05, 3.63) is 40.2 Å². The second kappa shape index (κ2) is 3.69. The molecule has 90 valence electrons. The first-order valence-corrected chi connectivity index (χ1v) is 5.13. The molecule has 17 heavy (non-hydrogen) atoms. The van der Waals surface area contributed by atoms with Gasteiger partial charge in [-0.1, -0.05) is 0 Å². The van der Waals surface area contributed by atoms with E-state index in [0.29, 0.717) is 5.69 Å². The third-order valence-corrected chi connectivity index (χ3v) is 2.80. The van der Waals surface area contributed by atoms with E-state index in [0.717, 1.165) is 5.69 Å². The molecule has 0 atom stereocenters. The minimum atomic E-state index is -0.504. The Balaban J connectivity index is 2.47. The van der Waals surface area contributed by atoms with Gasteiger partial charge in [-0.2, -0.15) is 5.10 Å². The lowest BCUT2D eigenvalue weighted by molar-refractivity contribution is -0.385. The van der Waals surface area contributed by atoms with Gasteiger partial charge in [-0.15, -0.1) is 0 Å². The van der Waals surface area contributed by atoms with Crippen LogP contribution in [-0.4, -0.2) is 24.7 Å². The summed E-state index contributed by atoms with van der Waals surface area (Å²) in [4.78, 5) is 17.3. The maximum absolute atomic E-state index is 10.8. The molecule has 0 aliphatic rings. The number of nitro groups is 1. The van der Waals surface area contributed by atoms with Gasteiger partial charge in [0.25, 0.3) is 0 Å². The van der Waals surface area contributed by atoms with Crippen LogP contribution in [0.5, 0.6) is 0 Å². The molecule has 0 unspecified atom stereocenters. The summed E-state index contributed by atoms with van der Waals surface area (Å²) in [6.07, 6.45) is 4.70. The number of hydrogen-bond acceptors (Lipinski definition) is 4. The highest BCUT2D eigenvalue weighted by atomic mass is 16.6. The van der Waals surface area contributed by atoms with Gasteiger partial charge in [-0.25, -0.2) is 4.98 Å². The van der Waals surface area contributed by atoms with Gasteiger partial charge >= 0.3 is 5.69 Å². The summed E-state index contributed by atoms with van der Waals surface area (Å²) in [6, 6.07) is 0. The van der Waals surface area contributed by atoms with Crippen molar-refractivity contribution in [2.24, 2.45) is 0 Å². The van der Waals surface area contributed by atoms with E-state index >= 15 is 0 Å². The Morgan fingerprint density at radius 2 is 2.24 bits per heavy atom. The molecular weight excluding hydrogens is 222 g/mol. The number of aromatic nitrogens is 4. The first kappa shape index (κ1) is 11.3. The van der Waals surface area contributed by atoms with Crippen molar-refractivity contribution in [2.45, 2.75) is 26.3 Å². The highest BCUT2D eigenvalue weighted by Crippen LogP contribution is 2.26. The first-order chi connectivity index (χ1) is 7.93. The van der Waals surface area contributed by atoms with E-state index in [4.69, 9.17) is 0 Å². The van der Waals surface area contributed by atoms with Crippen LogP contribution in [0.2, 0.25) is 0 Å². The third kappa shape index (κ3) is 1.79. The molecule has 2 aromatic heterocycles. The second-order valence-electron chi connectivity index (χ2n) is 4.33. The zero-order valence-electron chi connectivity index (χ0n) is 9.84. The van der Waals surface area contributed by atoms with E-state index in [1.54, 1.807) is 24.1 Å². The van der Waals surface area contributed by atoms with Crippen molar-refractivity contribution in [2.75, 3.05) is 0 Å². The Hall–Kier alpha value is -2.18. The lowest BCUT2D eigenvalue weighted by atomic mass is 10.0. The molecule has 2 heterocycles. The normalized spacial score (nSPS) is 11.7. The van der Waals surface area contributed by atoms with Gasteiger partial charge in [0, 0.05) is 0 Å². The van der Waals surface area contributed by atoms with E-state index < -0.39 is 10.5 Å². The maximum atomic E-state index is 10.8. The summed E-state index contributed by atoms with van der Waals surface area (Å²) in [6.45, 7) is 5.45. The maximum Gasteiger partial charge on any atom is 0.309 e. The van der Waals surface area contributed by atoms with Crippen molar-refractivity contribution in [1.82, 2.24) is 19.7 Å². The first-order valence-electron chi connectivity index (χ1n) is 5.13. The molecule has 0 aliphatic heterocycles. The molecule has 7 heteroatoms. The van der Waals surface area contributed by atoms with Crippen molar-refractivity contribution < 1.29 is 4.92 Å². The lowest BCUT2D eigenvalue weighted by Crippen LogP contribution is -2.28. The van der Waals surface area contributed by atoms with Gasteiger partial charge in [0.05, 0.1) is 28.7 Å². The van der Waals surface area contributed by atoms with Gasteiger partial charge < -0.3 is 4.98 Å². The van der Waals surface area contributed by atoms with Gasteiger partial charge in [0.15, 0.2) is 0 Å². The molecule has 2 rings (SSSR count). The third-order valence-electron chi connectivity index (χ3n) is 2.80. The fraction of sp³-hybridized carbons (Fsp3) is 0.400. The van der Waals surface area contributed by atoms with Gasteiger partial charge in [0.2, 0.25) is 0 Å². The van der Waals surface area contributed by atoms with Crippen molar-refractivity contribution >= 4 is 5.69 Å². The number of aryl methyl sites for hydroxylation is 1. The van der Waals surface area contributed by atoms with Crippen LogP contribution in [0.25, 0.3) is 0 Å². The molecule has 0 amide bonds. The fourth-order valence-electron chi connectivity index (χ4n) is 1.63. The largest absolute Gasteiger partial charge is 0.346 e. The number of aromatic amines is 1. The Morgan fingerprint density at radius 1 is 1.53 bits per heavy atom. The number of imidazole rings is 1. The lowest BCUT2D eigenvalue weighted by Gasteiger charge is -2.23. The van der Waals surface area contributed by atoms with E-state index in [1.807, 2.05) is 13.8 Å². The molecule has 0 saturated heterocycles. The molecule has 7 nitrogen and oxygen atoms in total.